The topological polar surface area (TPSA) is 9.86 Å². The van der Waals surface area contributed by atoms with Gasteiger partial charge in [-0.2, -0.15) is 0 Å². The number of hydrogen-bond donors (Lipinski definition) is 0. The standard InChI is InChI=1S/C67H35B7N2/c68-58-53(39-31-34-50-45(35-39)54-41(38-17-5-2-6-18-38)22-13-27-51(54)75(50)40-32-29-37(30-33-40)36-15-3-1-4-16-36)59(69)63(73)65-56(58)57-60(70)61(71)62(72)64(74)66(57)76(65)52-28-14-26-49-55(52)44-21-9-12-25-48(44)67(49)46-23-10-7-19-42(46)43-20-8-11-24-47(43)67/h1-35H. The first kappa shape index (κ1) is 44.9. The third-order valence-corrected chi connectivity index (χ3v) is 16.6. The van der Waals surface area contributed by atoms with E-state index in [2.05, 4.69) is 209 Å². The average molecular weight is 944 g/mol. The Hall–Kier alpha value is -8.53. The Morgan fingerprint density at radius 1 is 0.289 bits per heavy atom. The molecule has 0 saturated carbocycles. The van der Waals surface area contributed by atoms with E-state index < -0.39 is 5.41 Å². The maximum absolute atomic E-state index is 7.69. The van der Waals surface area contributed by atoms with Crippen LogP contribution >= 0.6 is 0 Å². The van der Waals surface area contributed by atoms with Gasteiger partial charge < -0.3 is 9.13 Å². The zero-order valence-electron chi connectivity index (χ0n) is 41.1. The number of benzene rings is 11. The molecular weight excluding hydrogens is 908 g/mol. The summed E-state index contributed by atoms with van der Waals surface area (Å²) in [6.45, 7) is 0. The van der Waals surface area contributed by atoms with E-state index in [1.54, 1.807) is 0 Å². The summed E-state index contributed by atoms with van der Waals surface area (Å²) >= 11 is 0. The van der Waals surface area contributed by atoms with Crippen LogP contribution in [0.2, 0.25) is 0 Å². The third kappa shape index (κ3) is 5.86. The average Bonchev–Trinajstić information content (AvgIpc) is 4.39. The Balaban J connectivity index is 1.01. The normalized spacial score (nSPS) is 12.9. The molecule has 2 aliphatic rings. The molecular formula is C67H35B7N2. The van der Waals surface area contributed by atoms with Crippen LogP contribution in [0, 0.1) is 0 Å². The maximum Gasteiger partial charge on any atom is 0.115 e. The van der Waals surface area contributed by atoms with Crippen LogP contribution in [-0.4, -0.2) is 64.1 Å². The molecule has 0 saturated heterocycles. The lowest BCUT2D eigenvalue weighted by molar-refractivity contribution is 0.793. The summed E-state index contributed by atoms with van der Waals surface area (Å²) in [5.41, 5.74) is 21.3. The summed E-state index contributed by atoms with van der Waals surface area (Å²) in [7, 11) is 50.8. The molecule has 2 aromatic heterocycles. The quantitative estimate of drug-likeness (QED) is 0.153. The molecule has 11 aromatic carbocycles. The molecule has 0 unspecified atom stereocenters. The number of rotatable bonds is 5. The predicted octanol–water partition coefficient (Wildman–Crippen LogP) is 8.78. The largest absolute Gasteiger partial charge is 0.310 e. The lowest BCUT2D eigenvalue weighted by Gasteiger charge is -2.30. The molecule has 1 spiro atoms. The van der Waals surface area contributed by atoms with Crippen LogP contribution in [0.15, 0.2) is 212 Å². The van der Waals surface area contributed by atoms with Crippen molar-refractivity contribution in [3.8, 4) is 67.0 Å². The summed E-state index contributed by atoms with van der Waals surface area (Å²) in [6, 6.07) is 75.2. The van der Waals surface area contributed by atoms with E-state index >= 15 is 0 Å². The second kappa shape index (κ2) is 16.5. The van der Waals surface area contributed by atoms with E-state index in [4.69, 9.17) is 54.9 Å². The second-order valence-corrected chi connectivity index (χ2v) is 20.2. The van der Waals surface area contributed by atoms with Crippen molar-refractivity contribution in [3.63, 3.8) is 0 Å². The first-order valence-electron chi connectivity index (χ1n) is 25.5. The van der Waals surface area contributed by atoms with Gasteiger partial charge in [-0.05, 0) is 114 Å². The molecule has 0 amide bonds. The highest BCUT2D eigenvalue weighted by molar-refractivity contribution is 6.69. The summed E-state index contributed by atoms with van der Waals surface area (Å²) in [4.78, 5) is 0. The number of hydrogen-bond acceptors (Lipinski definition) is 0. The SMILES string of the molecule is [B]c1c([B])c([B])c2c(c1[B])c1c([B])c(-c3ccc4c(c3)c3c(-c5ccccc5)cccc3n4-c3ccc(-c4ccccc4)cc3)c([B])c([B])c1n2-c1cccc2c1-c1ccccc1C21c2ccccc2-c2ccccc21. The van der Waals surface area contributed by atoms with Crippen LogP contribution in [0.3, 0.4) is 0 Å². The molecule has 0 atom stereocenters. The van der Waals surface area contributed by atoms with Crippen molar-refractivity contribution in [1.29, 1.82) is 0 Å². The number of aromatic nitrogens is 2. The van der Waals surface area contributed by atoms with Crippen molar-refractivity contribution < 1.29 is 0 Å². The van der Waals surface area contributed by atoms with E-state index in [0.29, 0.717) is 43.8 Å². The van der Waals surface area contributed by atoms with Crippen molar-refractivity contribution in [2.45, 2.75) is 5.41 Å². The summed E-state index contributed by atoms with van der Waals surface area (Å²) < 4.78 is 4.40. The molecule has 2 aliphatic carbocycles. The summed E-state index contributed by atoms with van der Waals surface area (Å²) in [5.74, 6) is 0. The lowest BCUT2D eigenvalue weighted by atomic mass is 9.64. The molecule has 13 aromatic rings. The van der Waals surface area contributed by atoms with Crippen molar-refractivity contribution in [1.82, 2.24) is 9.13 Å². The zero-order chi connectivity index (χ0) is 51.3. The Morgan fingerprint density at radius 3 is 1.46 bits per heavy atom. The van der Waals surface area contributed by atoms with Gasteiger partial charge in [-0.25, -0.2) is 0 Å². The van der Waals surface area contributed by atoms with Crippen molar-refractivity contribution >= 4 is 137 Å². The van der Waals surface area contributed by atoms with Crippen LogP contribution in [0.1, 0.15) is 22.3 Å². The fraction of sp³-hybridized carbons (Fsp3) is 0.0149. The first-order chi connectivity index (χ1) is 37.2. The minimum Gasteiger partial charge on any atom is -0.310 e. The van der Waals surface area contributed by atoms with Crippen LogP contribution < -0.4 is 38.2 Å². The molecule has 0 bridgehead atoms. The van der Waals surface area contributed by atoms with Crippen LogP contribution in [0.5, 0.6) is 0 Å². The summed E-state index contributed by atoms with van der Waals surface area (Å²) in [5, 5.41) is 3.23. The second-order valence-electron chi connectivity index (χ2n) is 20.2. The highest BCUT2D eigenvalue weighted by Gasteiger charge is 2.52. The van der Waals surface area contributed by atoms with Crippen molar-refractivity contribution in [3.05, 3.63) is 235 Å². The molecule has 2 nitrogen and oxygen atoms in total. The zero-order valence-corrected chi connectivity index (χ0v) is 41.1. The third-order valence-electron chi connectivity index (χ3n) is 16.6. The van der Waals surface area contributed by atoms with Gasteiger partial charge in [0, 0.05) is 38.4 Å². The summed E-state index contributed by atoms with van der Waals surface area (Å²) in [6.07, 6.45) is 0. The van der Waals surface area contributed by atoms with Gasteiger partial charge in [0.15, 0.2) is 0 Å². The molecule has 14 radical (unpaired) electrons. The molecule has 0 N–H and O–H groups in total. The van der Waals surface area contributed by atoms with Gasteiger partial charge in [0.25, 0.3) is 0 Å². The van der Waals surface area contributed by atoms with Crippen LogP contribution in [-0.2, 0) is 5.41 Å². The van der Waals surface area contributed by atoms with Crippen LogP contribution in [0.4, 0.5) is 0 Å². The maximum atomic E-state index is 7.69. The number of nitrogens with zero attached hydrogens (tertiary/aromatic N) is 2. The smallest absolute Gasteiger partial charge is 0.115 e. The monoisotopic (exact) mass is 944 g/mol. The van der Waals surface area contributed by atoms with Crippen LogP contribution in [0.25, 0.3) is 111 Å². The Kier molecular flexibility index (Phi) is 9.74. The molecule has 0 aliphatic heterocycles. The molecule has 76 heavy (non-hydrogen) atoms. The van der Waals surface area contributed by atoms with Gasteiger partial charge in [-0.15, -0.1) is 10.9 Å². The van der Waals surface area contributed by atoms with Gasteiger partial charge in [0.05, 0.1) is 22.1 Å². The Labute approximate surface area is 450 Å². The lowest BCUT2D eigenvalue weighted by Crippen LogP contribution is -2.48. The highest BCUT2D eigenvalue weighted by atomic mass is 15.0. The van der Waals surface area contributed by atoms with E-state index in [1.807, 2.05) is 12.1 Å². The van der Waals surface area contributed by atoms with E-state index in [0.717, 1.165) is 77.7 Å². The predicted molar refractivity (Wildman–Crippen MR) is 325 cm³/mol. The fourth-order valence-electron chi connectivity index (χ4n) is 13.4. The van der Waals surface area contributed by atoms with Crippen molar-refractivity contribution in [2.24, 2.45) is 0 Å². The van der Waals surface area contributed by atoms with Gasteiger partial charge in [0.1, 0.15) is 54.9 Å². The Bertz CT molecular complexity index is 4610. The molecule has 2 heterocycles. The van der Waals surface area contributed by atoms with Gasteiger partial charge in [0.2, 0.25) is 0 Å². The minimum atomic E-state index is -0.619. The van der Waals surface area contributed by atoms with Crippen molar-refractivity contribution in [2.75, 3.05) is 0 Å². The van der Waals surface area contributed by atoms with E-state index in [9.17, 15) is 0 Å². The Morgan fingerprint density at radius 2 is 0.789 bits per heavy atom. The fourth-order valence-corrected chi connectivity index (χ4v) is 13.4. The van der Waals surface area contributed by atoms with Gasteiger partial charge in [-0.1, -0.05) is 203 Å². The first-order valence-corrected chi connectivity index (χ1v) is 25.5. The number of fused-ring (bicyclic) bond motifs is 16. The minimum absolute atomic E-state index is 0.168. The highest BCUT2D eigenvalue weighted by Crippen LogP contribution is 2.63. The van der Waals surface area contributed by atoms with Gasteiger partial charge >= 0.3 is 0 Å². The molecule has 15 rings (SSSR count). The molecule has 0 fully saturated rings. The van der Waals surface area contributed by atoms with E-state index in [-0.39, 0.29) is 21.9 Å². The molecule has 334 valence electrons. The van der Waals surface area contributed by atoms with E-state index in [1.165, 1.54) is 27.8 Å². The van der Waals surface area contributed by atoms with Gasteiger partial charge in [-0.3, -0.25) is 0 Å². The molecule has 9 heteroatoms.